The van der Waals surface area contributed by atoms with Crippen molar-refractivity contribution in [1.82, 2.24) is 9.80 Å². The van der Waals surface area contributed by atoms with Crippen molar-refractivity contribution in [3.8, 4) is 0 Å². The predicted octanol–water partition coefficient (Wildman–Crippen LogP) is 4.30. The number of piperidine rings is 1. The zero-order valence-electron chi connectivity index (χ0n) is 17.5. The highest BCUT2D eigenvalue weighted by atomic mass is 16.2. The maximum Gasteiger partial charge on any atom is 0.248 e. The minimum atomic E-state index is -0.406. The zero-order valence-corrected chi connectivity index (χ0v) is 17.5. The van der Waals surface area contributed by atoms with Gasteiger partial charge in [0, 0.05) is 18.8 Å². The van der Waals surface area contributed by atoms with Crippen LogP contribution >= 0.6 is 0 Å². The second kappa shape index (κ2) is 9.09. The molecule has 4 heteroatoms. The summed E-state index contributed by atoms with van der Waals surface area (Å²) in [6.45, 7) is 5.07. The Morgan fingerprint density at radius 1 is 1.15 bits per heavy atom. The van der Waals surface area contributed by atoms with Gasteiger partial charge in [-0.15, -0.1) is 0 Å². The van der Waals surface area contributed by atoms with Gasteiger partial charge in [-0.1, -0.05) is 37.0 Å². The van der Waals surface area contributed by atoms with Crippen molar-refractivity contribution in [2.75, 3.05) is 39.0 Å². The van der Waals surface area contributed by atoms with E-state index in [1.54, 1.807) is 0 Å². The van der Waals surface area contributed by atoms with E-state index in [2.05, 4.69) is 60.4 Å². The monoisotopic (exact) mass is 371 g/mol. The lowest BCUT2D eigenvalue weighted by molar-refractivity contribution is -0.139. The maximum absolute atomic E-state index is 13.7. The minimum absolute atomic E-state index is 0.345. The Bertz CT molecular complexity index is 605. The van der Waals surface area contributed by atoms with Gasteiger partial charge in [0.25, 0.3) is 0 Å². The summed E-state index contributed by atoms with van der Waals surface area (Å²) >= 11 is 0. The quantitative estimate of drug-likeness (QED) is 0.810. The van der Waals surface area contributed by atoms with Gasteiger partial charge < -0.3 is 15.1 Å². The molecule has 1 aromatic carbocycles. The number of amides is 1. The summed E-state index contributed by atoms with van der Waals surface area (Å²) in [5.41, 5.74) is 1.93. The number of nitrogens with zero attached hydrogens (tertiary/aromatic N) is 2. The number of anilines is 1. The van der Waals surface area contributed by atoms with Gasteiger partial charge in [0.15, 0.2) is 0 Å². The molecule has 0 aromatic heterocycles. The molecule has 1 N–H and O–H groups in total. The fourth-order valence-corrected chi connectivity index (χ4v) is 4.69. The van der Waals surface area contributed by atoms with Crippen LogP contribution in [0.3, 0.4) is 0 Å². The Balaban J connectivity index is 1.71. The highest BCUT2D eigenvalue weighted by molar-refractivity contribution is 5.89. The first-order valence-electron chi connectivity index (χ1n) is 10.8. The van der Waals surface area contributed by atoms with Gasteiger partial charge in [0.2, 0.25) is 5.91 Å². The number of carbonyl (C=O) groups is 1. The van der Waals surface area contributed by atoms with Crippen molar-refractivity contribution < 1.29 is 4.79 Å². The molecule has 4 nitrogen and oxygen atoms in total. The number of rotatable bonds is 6. The number of carbonyl (C=O) groups excluding carboxylic acids is 1. The van der Waals surface area contributed by atoms with Crippen LogP contribution < -0.4 is 5.32 Å². The molecule has 1 aliphatic carbocycles. The Labute approximate surface area is 165 Å². The molecule has 1 heterocycles. The van der Waals surface area contributed by atoms with Crippen LogP contribution in [0.4, 0.5) is 5.69 Å². The van der Waals surface area contributed by atoms with Gasteiger partial charge in [-0.2, -0.15) is 0 Å². The van der Waals surface area contributed by atoms with E-state index in [9.17, 15) is 4.79 Å². The van der Waals surface area contributed by atoms with Crippen molar-refractivity contribution in [2.24, 2.45) is 5.92 Å². The minimum Gasteiger partial charge on any atom is -0.371 e. The van der Waals surface area contributed by atoms with Crippen molar-refractivity contribution >= 4 is 11.6 Å². The fraction of sp³-hybridized carbons (Fsp3) is 0.696. The second-order valence-corrected chi connectivity index (χ2v) is 8.99. The predicted molar refractivity (Wildman–Crippen MR) is 113 cm³/mol. The topological polar surface area (TPSA) is 35.6 Å². The second-order valence-electron chi connectivity index (χ2n) is 8.99. The Morgan fingerprint density at radius 2 is 1.85 bits per heavy atom. The molecule has 2 aliphatic rings. The molecule has 0 radical (unpaired) electrons. The summed E-state index contributed by atoms with van der Waals surface area (Å²) in [5.74, 6) is 0.988. The summed E-state index contributed by atoms with van der Waals surface area (Å²) in [7, 11) is 4.27. The third-order valence-corrected chi connectivity index (χ3v) is 6.34. The van der Waals surface area contributed by atoms with Crippen LogP contribution in [0, 0.1) is 12.8 Å². The van der Waals surface area contributed by atoms with Crippen LogP contribution in [0.1, 0.15) is 56.9 Å². The van der Waals surface area contributed by atoms with Gasteiger partial charge in [-0.3, -0.25) is 4.79 Å². The summed E-state index contributed by atoms with van der Waals surface area (Å²) in [4.78, 5) is 18.1. The zero-order chi connectivity index (χ0) is 19.3. The molecule has 1 unspecified atom stereocenters. The largest absolute Gasteiger partial charge is 0.371 e. The molecule has 150 valence electrons. The number of nitrogens with one attached hydrogen (secondary N) is 1. The lowest BCUT2D eigenvalue weighted by Crippen LogP contribution is -2.57. The van der Waals surface area contributed by atoms with Crippen LogP contribution in [-0.4, -0.2) is 55.0 Å². The third-order valence-electron chi connectivity index (χ3n) is 6.34. The number of likely N-dealkylation sites (tertiary alicyclic amines) is 1. The average molecular weight is 372 g/mol. The summed E-state index contributed by atoms with van der Waals surface area (Å²) < 4.78 is 0. The molecule has 1 atom stereocenters. The van der Waals surface area contributed by atoms with Crippen LogP contribution in [0.25, 0.3) is 0 Å². The van der Waals surface area contributed by atoms with E-state index in [0.29, 0.717) is 11.8 Å². The first-order valence-corrected chi connectivity index (χ1v) is 10.8. The summed E-state index contributed by atoms with van der Waals surface area (Å²) in [6, 6.07) is 8.49. The Kier molecular flexibility index (Phi) is 6.80. The molecule has 3 rings (SSSR count). The smallest absolute Gasteiger partial charge is 0.248 e. The molecule has 1 aliphatic heterocycles. The van der Waals surface area contributed by atoms with Gasteiger partial charge in [-0.05, 0) is 77.7 Å². The van der Waals surface area contributed by atoms with E-state index in [4.69, 9.17) is 0 Å². The van der Waals surface area contributed by atoms with E-state index >= 15 is 0 Å². The number of benzene rings is 1. The molecule has 1 amide bonds. The molecule has 1 aromatic rings. The number of hydrogen-bond donors (Lipinski definition) is 1. The number of hydrogen-bond acceptors (Lipinski definition) is 3. The van der Waals surface area contributed by atoms with E-state index in [1.165, 1.54) is 24.8 Å². The normalized spacial score (nSPS) is 22.7. The summed E-state index contributed by atoms with van der Waals surface area (Å²) in [5, 5.41) is 3.68. The molecular weight excluding hydrogens is 334 g/mol. The van der Waals surface area contributed by atoms with Crippen LogP contribution in [0.15, 0.2) is 24.3 Å². The van der Waals surface area contributed by atoms with Crippen molar-refractivity contribution in [3.05, 3.63) is 29.8 Å². The third kappa shape index (κ3) is 5.25. The molecule has 0 spiro atoms. The van der Waals surface area contributed by atoms with E-state index in [0.717, 1.165) is 57.4 Å². The molecule has 1 saturated heterocycles. The Hall–Kier alpha value is -1.55. The Morgan fingerprint density at radius 3 is 2.52 bits per heavy atom. The van der Waals surface area contributed by atoms with Gasteiger partial charge >= 0.3 is 0 Å². The van der Waals surface area contributed by atoms with E-state index in [-0.39, 0.29) is 0 Å². The molecule has 1 saturated carbocycles. The van der Waals surface area contributed by atoms with Crippen molar-refractivity contribution in [3.63, 3.8) is 0 Å². The summed E-state index contributed by atoms with van der Waals surface area (Å²) in [6.07, 6.45) is 9.04. The standard InChI is InChI=1S/C23H37N3O/c1-19-9-11-21(12-10-19)24-23(14-5-4-6-15-23)22(27)26-16-7-8-20(18-26)13-17-25(2)3/h9-12,20,24H,4-8,13-18H2,1-3H3. The van der Waals surface area contributed by atoms with Crippen LogP contribution in [0.5, 0.6) is 0 Å². The van der Waals surface area contributed by atoms with E-state index < -0.39 is 5.54 Å². The highest BCUT2D eigenvalue weighted by Gasteiger charge is 2.43. The average Bonchev–Trinajstić information content (AvgIpc) is 2.68. The van der Waals surface area contributed by atoms with E-state index in [1.807, 2.05) is 0 Å². The fourth-order valence-electron chi connectivity index (χ4n) is 4.69. The number of aryl methyl sites for hydroxylation is 1. The van der Waals surface area contributed by atoms with Crippen LogP contribution in [-0.2, 0) is 4.79 Å². The molecule has 2 fully saturated rings. The van der Waals surface area contributed by atoms with Crippen molar-refractivity contribution in [2.45, 2.75) is 63.8 Å². The van der Waals surface area contributed by atoms with Gasteiger partial charge in [0.1, 0.15) is 5.54 Å². The lowest BCUT2D eigenvalue weighted by Gasteiger charge is -2.43. The highest BCUT2D eigenvalue weighted by Crippen LogP contribution is 2.35. The first kappa shape index (κ1) is 20.2. The molecular formula is C23H37N3O. The SMILES string of the molecule is Cc1ccc(NC2(C(=O)N3CCCC(CCN(C)C)C3)CCCCC2)cc1. The van der Waals surface area contributed by atoms with Crippen LogP contribution in [0.2, 0.25) is 0 Å². The molecule has 0 bridgehead atoms. The maximum atomic E-state index is 13.7. The van der Waals surface area contributed by atoms with Crippen molar-refractivity contribution in [1.29, 1.82) is 0 Å². The molecule has 27 heavy (non-hydrogen) atoms. The lowest BCUT2D eigenvalue weighted by atomic mass is 9.79. The van der Waals surface area contributed by atoms with Gasteiger partial charge in [-0.25, -0.2) is 0 Å². The first-order chi connectivity index (χ1) is 13.0. The van der Waals surface area contributed by atoms with Gasteiger partial charge in [0.05, 0.1) is 0 Å².